The highest BCUT2D eigenvalue weighted by Crippen LogP contribution is 2.28. The fourth-order valence-corrected chi connectivity index (χ4v) is 4.66. The van der Waals surface area contributed by atoms with E-state index in [1.54, 1.807) is 21.9 Å². The fourth-order valence-electron chi connectivity index (χ4n) is 4.66. The van der Waals surface area contributed by atoms with Gasteiger partial charge < -0.3 is 24.6 Å². The Hall–Kier alpha value is -4.07. The molecular weight excluding hydrogens is 509 g/mol. The van der Waals surface area contributed by atoms with Crippen LogP contribution in [0.25, 0.3) is 0 Å². The number of carbonyl (C=O) groups excluding carboxylic acids is 2. The number of nitrogens with one attached hydrogen (secondary N) is 1. The summed E-state index contributed by atoms with van der Waals surface area (Å²) in [6.07, 6.45) is -0.371. The zero-order valence-corrected chi connectivity index (χ0v) is 23.8. The van der Waals surface area contributed by atoms with Gasteiger partial charge in [0.2, 0.25) is 5.91 Å². The van der Waals surface area contributed by atoms with Crippen LogP contribution in [0.2, 0.25) is 0 Å². The Morgan fingerprint density at radius 3 is 2.12 bits per heavy atom. The number of anilines is 1. The maximum Gasteiger partial charge on any atom is 0.410 e. The molecule has 3 aromatic rings. The van der Waals surface area contributed by atoms with E-state index in [4.69, 9.17) is 9.47 Å². The number of nitrogens with zero attached hydrogens (tertiary/aromatic N) is 2. The van der Waals surface area contributed by atoms with E-state index >= 15 is 0 Å². The van der Waals surface area contributed by atoms with Gasteiger partial charge in [-0.15, -0.1) is 0 Å². The van der Waals surface area contributed by atoms with Crippen LogP contribution in [0.15, 0.2) is 78.9 Å². The lowest BCUT2D eigenvalue weighted by Gasteiger charge is -2.44. The normalized spacial score (nSPS) is 16.4. The lowest BCUT2D eigenvalue weighted by Crippen LogP contribution is -2.59. The number of para-hydroxylation sites is 1. The van der Waals surface area contributed by atoms with Crippen molar-refractivity contribution in [3.05, 3.63) is 90.2 Å². The van der Waals surface area contributed by atoms with Crippen molar-refractivity contribution in [1.82, 2.24) is 9.80 Å². The van der Waals surface area contributed by atoms with Crippen molar-refractivity contribution in [3.8, 4) is 11.5 Å². The summed E-state index contributed by atoms with van der Waals surface area (Å²) in [4.78, 5) is 30.4. The minimum Gasteiger partial charge on any atom is -0.457 e. The van der Waals surface area contributed by atoms with E-state index in [2.05, 4.69) is 5.32 Å². The van der Waals surface area contributed by atoms with Crippen molar-refractivity contribution >= 4 is 17.7 Å². The number of hydrogen-bond donors (Lipinski definition) is 1. The van der Waals surface area contributed by atoms with Gasteiger partial charge in [0.25, 0.3) is 0 Å². The number of benzene rings is 3. The molecule has 2 atom stereocenters. The summed E-state index contributed by atoms with van der Waals surface area (Å²) in [6.45, 7) is 10.7. The summed E-state index contributed by atoms with van der Waals surface area (Å²) in [7, 11) is 0. The summed E-state index contributed by atoms with van der Waals surface area (Å²) in [5.74, 6) is 0.985. The molecule has 0 spiro atoms. The maximum absolute atomic E-state index is 14.0. The molecule has 7 nitrogen and oxygen atoms in total. The van der Waals surface area contributed by atoms with Crippen LogP contribution < -0.4 is 10.1 Å². The third-order valence-electron chi connectivity index (χ3n) is 6.72. The molecule has 40 heavy (non-hydrogen) atoms. The van der Waals surface area contributed by atoms with Gasteiger partial charge in [-0.05, 0) is 80.8 Å². The summed E-state index contributed by atoms with van der Waals surface area (Å²) in [5, 5.41) is 3.34. The smallest absolute Gasteiger partial charge is 0.410 e. The Labute approximate surface area is 235 Å². The van der Waals surface area contributed by atoms with Gasteiger partial charge in [0.15, 0.2) is 0 Å². The first-order chi connectivity index (χ1) is 19.0. The standard InChI is InChI=1S/C32H38FN3O4/c1-22(2)28-21-35(19-20-36(28)31(38)40-32(3,4)5)30(37)29(23-11-13-24(33)14-12-23)34-25-15-17-27(18-16-25)39-26-9-7-6-8-10-26/h6-18,22,28-29,34H,19-21H2,1-5H3/t28-,29?/m1/s1. The number of ether oxygens (including phenoxy) is 2. The van der Waals surface area contributed by atoms with E-state index in [0.29, 0.717) is 30.9 Å². The van der Waals surface area contributed by atoms with E-state index < -0.39 is 11.6 Å². The van der Waals surface area contributed by atoms with Crippen LogP contribution in [0, 0.1) is 11.7 Å². The molecule has 0 bridgehead atoms. The van der Waals surface area contributed by atoms with E-state index in [0.717, 1.165) is 11.4 Å². The molecular formula is C32H38FN3O4. The Bertz CT molecular complexity index is 1270. The van der Waals surface area contributed by atoms with Gasteiger partial charge in [0.05, 0.1) is 6.04 Å². The van der Waals surface area contributed by atoms with Gasteiger partial charge in [-0.3, -0.25) is 4.79 Å². The van der Waals surface area contributed by atoms with Crippen LogP contribution in [0.5, 0.6) is 11.5 Å². The Morgan fingerprint density at radius 2 is 1.52 bits per heavy atom. The van der Waals surface area contributed by atoms with Gasteiger partial charge in [0, 0.05) is 25.3 Å². The van der Waals surface area contributed by atoms with Gasteiger partial charge >= 0.3 is 6.09 Å². The molecule has 1 aliphatic heterocycles. The second kappa shape index (κ2) is 12.4. The average Bonchev–Trinajstić information content (AvgIpc) is 2.92. The first-order valence-electron chi connectivity index (χ1n) is 13.6. The van der Waals surface area contributed by atoms with E-state index in [-0.39, 0.29) is 29.8 Å². The Balaban J connectivity index is 1.52. The molecule has 0 aliphatic carbocycles. The third kappa shape index (κ3) is 7.52. The fraction of sp³-hybridized carbons (Fsp3) is 0.375. The highest BCUT2D eigenvalue weighted by atomic mass is 19.1. The van der Waals surface area contributed by atoms with Gasteiger partial charge in [-0.1, -0.05) is 44.2 Å². The minimum atomic E-state index is -0.748. The highest BCUT2D eigenvalue weighted by molar-refractivity contribution is 5.86. The van der Waals surface area contributed by atoms with Gasteiger partial charge in [-0.25, -0.2) is 9.18 Å². The zero-order chi connectivity index (χ0) is 28.9. The van der Waals surface area contributed by atoms with Gasteiger partial charge in [0.1, 0.15) is 29.0 Å². The molecule has 0 saturated carbocycles. The third-order valence-corrected chi connectivity index (χ3v) is 6.72. The second-order valence-electron chi connectivity index (χ2n) is 11.3. The van der Waals surface area contributed by atoms with Crippen molar-refractivity contribution in [2.45, 2.75) is 52.3 Å². The molecule has 212 valence electrons. The molecule has 1 saturated heterocycles. The maximum atomic E-state index is 14.0. The quantitative estimate of drug-likeness (QED) is 0.349. The zero-order valence-electron chi connectivity index (χ0n) is 23.8. The highest BCUT2D eigenvalue weighted by Gasteiger charge is 2.38. The van der Waals surface area contributed by atoms with Crippen LogP contribution in [0.3, 0.4) is 0 Å². The van der Waals surface area contributed by atoms with E-state index in [9.17, 15) is 14.0 Å². The van der Waals surface area contributed by atoms with Crippen LogP contribution in [-0.4, -0.2) is 53.1 Å². The second-order valence-corrected chi connectivity index (χ2v) is 11.3. The number of carbonyl (C=O) groups is 2. The van der Waals surface area contributed by atoms with Crippen LogP contribution >= 0.6 is 0 Å². The molecule has 2 amide bonds. The van der Waals surface area contributed by atoms with Crippen LogP contribution in [0.1, 0.15) is 46.2 Å². The van der Waals surface area contributed by atoms with Crippen molar-refractivity contribution in [3.63, 3.8) is 0 Å². The van der Waals surface area contributed by atoms with E-state index in [1.807, 2.05) is 89.2 Å². The minimum absolute atomic E-state index is 0.109. The van der Waals surface area contributed by atoms with E-state index in [1.165, 1.54) is 12.1 Å². The first kappa shape index (κ1) is 28.9. The molecule has 0 aromatic heterocycles. The Kier molecular flexibility index (Phi) is 8.97. The monoisotopic (exact) mass is 547 g/mol. The molecule has 0 radical (unpaired) electrons. The molecule has 1 heterocycles. The molecule has 1 N–H and O–H groups in total. The summed E-state index contributed by atoms with van der Waals surface area (Å²) >= 11 is 0. The largest absolute Gasteiger partial charge is 0.457 e. The predicted octanol–water partition coefficient (Wildman–Crippen LogP) is 6.88. The van der Waals surface area contributed by atoms with Crippen molar-refractivity contribution < 1.29 is 23.5 Å². The number of amides is 2. The van der Waals surface area contributed by atoms with Crippen LogP contribution in [-0.2, 0) is 9.53 Å². The topological polar surface area (TPSA) is 71.1 Å². The summed E-state index contributed by atoms with van der Waals surface area (Å²) in [6, 6.07) is 21.8. The number of piperazine rings is 1. The van der Waals surface area contributed by atoms with Crippen molar-refractivity contribution in [1.29, 1.82) is 0 Å². The number of halogens is 1. The molecule has 8 heteroatoms. The van der Waals surface area contributed by atoms with Crippen LogP contribution in [0.4, 0.5) is 14.9 Å². The molecule has 1 unspecified atom stereocenters. The Morgan fingerprint density at radius 1 is 0.900 bits per heavy atom. The average molecular weight is 548 g/mol. The molecule has 4 rings (SSSR count). The number of hydrogen-bond acceptors (Lipinski definition) is 5. The lowest BCUT2D eigenvalue weighted by atomic mass is 9.98. The molecule has 3 aromatic carbocycles. The first-order valence-corrected chi connectivity index (χ1v) is 13.6. The lowest BCUT2D eigenvalue weighted by molar-refractivity contribution is -0.135. The summed E-state index contributed by atoms with van der Waals surface area (Å²) in [5.41, 5.74) is 0.757. The SMILES string of the molecule is CC(C)[C@H]1CN(C(=O)C(Nc2ccc(Oc3ccccc3)cc2)c2ccc(F)cc2)CCN1C(=O)OC(C)(C)C. The predicted molar refractivity (Wildman–Crippen MR) is 154 cm³/mol. The van der Waals surface area contributed by atoms with Crippen molar-refractivity contribution in [2.24, 2.45) is 5.92 Å². The molecule has 1 aliphatic rings. The number of rotatable bonds is 7. The summed E-state index contributed by atoms with van der Waals surface area (Å²) < 4.78 is 25.3. The molecule has 1 fully saturated rings. The van der Waals surface area contributed by atoms with Gasteiger partial charge in [-0.2, -0.15) is 0 Å². The van der Waals surface area contributed by atoms with Crippen molar-refractivity contribution in [2.75, 3.05) is 25.0 Å².